The number of esters is 1. The van der Waals surface area contributed by atoms with Crippen LogP contribution in [0.5, 0.6) is 0 Å². The van der Waals surface area contributed by atoms with Crippen molar-refractivity contribution in [3.05, 3.63) is 35.4 Å². The molecule has 0 unspecified atom stereocenters. The van der Waals surface area contributed by atoms with E-state index >= 15 is 0 Å². The Morgan fingerprint density at radius 3 is 2.18 bits per heavy atom. The van der Waals surface area contributed by atoms with Gasteiger partial charge in [-0.1, -0.05) is 38.1 Å². The van der Waals surface area contributed by atoms with Crippen LogP contribution in [-0.4, -0.2) is 26.3 Å². The number of benzene rings is 1. The van der Waals surface area contributed by atoms with E-state index in [-0.39, 0.29) is 17.8 Å². The lowest BCUT2D eigenvalue weighted by Crippen LogP contribution is -2.41. The molecule has 0 radical (unpaired) electrons. The van der Waals surface area contributed by atoms with E-state index in [0.717, 1.165) is 11.1 Å². The smallest absolute Gasteiger partial charge is 0.407 e. The van der Waals surface area contributed by atoms with E-state index in [4.69, 9.17) is 4.74 Å². The van der Waals surface area contributed by atoms with Gasteiger partial charge in [0.1, 0.15) is 0 Å². The van der Waals surface area contributed by atoms with Gasteiger partial charge in [-0.2, -0.15) is 0 Å². The third-order valence-electron chi connectivity index (χ3n) is 3.78. The van der Waals surface area contributed by atoms with Gasteiger partial charge in [-0.25, -0.2) is 4.79 Å². The molecule has 5 nitrogen and oxygen atoms in total. The van der Waals surface area contributed by atoms with Crippen LogP contribution in [0.3, 0.4) is 0 Å². The minimum atomic E-state index is -0.579. The van der Waals surface area contributed by atoms with E-state index in [0.29, 0.717) is 0 Å². The van der Waals surface area contributed by atoms with Gasteiger partial charge >= 0.3 is 12.1 Å². The maximum atomic E-state index is 11.6. The predicted molar refractivity (Wildman–Crippen MR) is 84.7 cm³/mol. The zero-order valence-corrected chi connectivity index (χ0v) is 14.1. The van der Waals surface area contributed by atoms with Gasteiger partial charge in [0.05, 0.1) is 26.2 Å². The molecule has 22 heavy (non-hydrogen) atoms. The molecule has 1 N–H and O–H groups in total. The van der Waals surface area contributed by atoms with Crippen LogP contribution in [0.15, 0.2) is 24.3 Å². The van der Waals surface area contributed by atoms with Gasteiger partial charge in [-0.3, -0.25) is 4.79 Å². The second-order valence-corrected chi connectivity index (χ2v) is 6.46. The van der Waals surface area contributed by atoms with Crippen molar-refractivity contribution < 1.29 is 19.1 Å². The van der Waals surface area contributed by atoms with E-state index in [1.807, 2.05) is 52.0 Å². The normalized spacial score (nSPS) is 11.7. The van der Waals surface area contributed by atoms with Crippen LogP contribution in [0, 0.1) is 0 Å². The molecule has 0 saturated carbocycles. The highest BCUT2D eigenvalue weighted by atomic mass is 16.5. The first-order chi connectivity index (χ1) is 10.1. The summed E-state index contributed by atoms with van der Waals surface area (Å²) in [6.07, 6.45) is -0.193. The van der Waals surface area contributed by atoms with Gasteiger partial charge in [-0.05, 0) is 25.0 Å². The molecule has 5 heteroatoms. The minimum absolute atomic E-state index is 0.248. The van der Waals surface area contributed by atoms with Crippen LogP contribution < -0.4 is 5.32 Å². The monoisotopic (exact) mass is 307 g/mol. The predicted octanol–water partition coefficient (Wildman–Crippen LogP) is 3.12. The molecule has 0 aliphatic rings. The fourth-order valence-electron chi connectivity index (χ4n) is 2.24. The number of carbonyl (C=O) groups is 2. The molecule has 1 aromatic rings. The van der Waals surface area contributed by atoms with E-state index < -0.39 is 11.6 Å². The third-order valence-corrected chi connectivity index (χ3v) is 3.78. The van der Waals surface area contributed by atoms with Crippen LogP contribution in [0.1, 0.15) is 45.2 Å². The maximum Gasteiger partial charge on any atom is 0.407 e. The Labute approximate surface area is 132 Å². The summed E-state index contributed by atoms with van der Waals surface area (Å²) in [5.41, 5.74) is 1.01. The van der Waals surface area contributed by atoms with Crippen LogP contribution in [-0.2, 0) is 25.2 Å². The molecule has 0 heterocycles. The third kappa shape index (κ3) is 4.48. The van der Waals surface area contributed by atoms with Gasteiger partial charge in [0, 0.05) is 5.41 Å². The van der Waals surface area contributed by atoms with Crippen LogP contribution in [0.2, 0.25) is 0 Å². The Bertz CT molecular complexity index is 504. The fourth-order valence-corrected chi connectivity index (χ4v) is 2.24. The number of rotatable bonds is 5. The molecule has 0 saturated heterocycles. The quantitative estimate of drug-likeness (QED) is 0.849. The number of hydrogen-bond donors (Lipinski definition) is 1. The fraction of sp³-hybridized carbons (Fsp3) is 0.529. The Kier molecular flexibility index (Phi) is 5.58. The highest BCUT2D eigenvalue weighted by Crippen LogP contribution is 2.30. The molecule has 0 bridgehead atoms. The highest BCUT2D eigenvalue weighted by Gasteiger charge is 2.28. The number of alkyl carbamates (subject to hydrolysis) is 1. The van der Waals surface area contributed by atoms with Crippen molar-refractivity contribution in [3.63, 3.8) is 0 Å². The largest absolute Gasteiger partial charge is 0.469 e. The SMILES string of the molecule is COC(=O)CC(C)(C)c1cccc(C(C)(C)NC(=O)OC)c1. The molecule has 0 atom stereocenters. The van der Waals surface area contributed by atoms with Crippen molar-refractivity contribution in [3.8, 4) is 0 Å². The lowest BCUT2D eigenvalue weighted by atomic mass is 9.79. The Balaban J connectivity index is 3.08. The van der Waals surface area contributed by atoms with Crippen LogP contribution >= 0.6 is 0 Å². The summed E-state index contributed by atoms with van der Waals surface area (Å²) in [6.45, 7) is 7.78. The van der Waals surface area contributed by atoms with Crippen molar-refractivity contribution in [2.75, 3.05) is 14.2 Å². The standard InChI is InChI=1S/C17H25NO4/c1-16(2,11-14(19)21-5)12-8-7-9-13(10-12)17(3,4)18-15(20)22-6/h7-10H,11H2,1-6H3,(H,18,20). The van der Waals surface area contributed by atoms with E-state index in [9.17, 15) is 9.59 Å². The second kappa shape index (κ2) is 6.81. The molecule has 1 amide bonds. The van der Waals surface area contributed by atoms with Crippen molar-refractivity contribution in [2.45, 2.75) is 45.1 Å². The number of methoxy groups -OCH3 is 2. The first kappa shape index (κ1) is 18.0. The number of ether oxygens (including phenoxy) is 2. The number of carbonyl (C=O) groups excluding carboxylic acids is 2. The summed E-state index contributed by atoms with van der Waals surface area (Å²) in [5, 5.41) is 2.80. The van der Waals surface area contributed by atoms with Crippen LogP contribution in [0.25, 0.3) is 0 Å². The summed E-state index contributed by atoms with van der Waals surface area (Å²) in [4.78, 5) is 23.0. The van der Waals surface area contributed by atoms with Gasteiger partial charge < -0.3 is 14.8 Å². The molecule has 0 aliphatic heterocycles. The summed E-state index contributed by atoms with van der Waals surface area (Å²) < 4.78 is 9.42. The van der Waals surface area contributed by atoms with Gasteiger partial charge in [0.15, 0.2) is 0 Å². The summed E-state index contributed by atoms with van der Waals surface area (Å²) in [7, 11) is 2.72. The lowest BCUT2D eigenvalue weighted by molar-refractivity contribution is -0.141. The zero-order chi connectivity index (χ0) is 17.0. The van der Waals surface area contributed by atoms with E-state index in [1.54, 1.807) is 0 Å². The minimum Gasteiger partial charge on any atom is -0.469 e. The van der Waals surface area contributed by atoms with Crippen molar-refractivity contribution in [1.29, 1.82) is 0 Å². The molecule has 1 aromatic carbocycles. The summed E-state index contributed by atoms with van der Waals surface area (Å²) >= 11 is 0. The lowest BCUT2D eigenvalue weighted by Gasteiger charge is -2.29. The molecule has 0 fully saturated rings. The number of amides is 1. The van der Waals surface area contributed by atoms with Crippen LogP contribution in [0.4, 0.5) is 4.79 Å². The second-order valence-electron chi connectivity index (χ2n) is 6.46. The highest BCUT2D eigenvalue weighted by molar-refractivity contribution is 5.71. The van der Waals surface area contributed by atoms with E-state index in [1.165, 1.54) is 14.2 Å². The average Bonchev–Trinajstić information content (AvgIpc) is 2.46. The number of hydrogen-bond acceptors (Lipinski definition) is 4. The first-order valence-corrected chi connectivity index (χ1v) is 7.16. The van der Waals surface area contributed by atoms with Crippen molar-refractivity contribution in [1.82, 2.24) is 5.32 Å². The molecular formula is C17H25NO4. The average molecular weight is 307 g/mol. The molecule has 0 aliphatic carbocycles. The van der Waals surface area contributed by atoms with E-state index in [2.05, 4.69) is 10.1 Å². The Morgan fingerprint density at radius 2 is 1.64 bits per heavy atom. The maximum absolute atomic E-state index is 11.6. The topological polar surface area (TPSA) is 64.6 Å². The Hall–Kier alpha value is -2.04. The summed E-state index contributed by atoms with van der Waals surface area (Å²) in [5.74, 6) is -0.248. The summed E-state index contributed by atoms with van der Waals surface area (Å²) in [6, 6.07) is 7.83. The van der Waals surface area contributed by atoms with Gasteiger partial charge in [0.25, 0.3) is 0 Å². The number of nitrogens with one attached hydrogen (secondary N) is 1. The zero-order valence-electron chi connectivity index (χ0n) is 14.1. The van der Waals surface area contributed by atoms with Crippen molar-refractivity contribution >= 4 is 12.1 Å². The molecule has 0 aromatic heterocycles. The molecule has 122 valence electrons. The Morgan fingerprint density at radius 1 is 1.05 bits per heavy atom. The molecular weight excluding hydrogens is 282 g/mol. The van der Waals surface area contributed by atoms with Gasteiger partial charge in [-0.15, -0.1) is 0 Å². The first-order valence-electron chi connectivity index (χ1n) is 7.16. The molecule has 0 spiro atoms. The molecule has 1 rings (SSSR count). The van der Waals surface area contributed by atoms with Gasteiger partial charge in [0.2, 0.25) is 0 Å². The van der Waals surface area contributed by atoms with Crippen molar-refractivity contribution in [2.24, 2.45) is 0 Å².